The zero-order valence-corrected chi connectivity index (χ0v) is 24.0. The maximum Gasteiger partial charge on any atom is 0.229 e. The van der Waals surface area contributed by atoms with E-state index in [2.05, 4.69) is 63.2 Å². The fraction of sp³-hybridized carbons (Fsp3) is 0.467. The second kappa shape index (κ2) is 12.4. The van der Waals surface area contributed by atoms with E-state index in [-0.39, 0.29) is 12.1 Å². The minimum atomic E-state index is 0.184. The van der Waals surface area contributed by atoms with E-state index in [1.807, 2.05) is 12.3 Å². The van der Waals surface area contributed by atoms with Gasteiger partial charge in [0.2, 0.25) is 5.95 Å². The van der Waals surface area contributed by atoms with Gasteiger partial charge >= 0.3 is 0 Å². The Bertz CT molecular complexity index is 1460. The topological polar surface area (TPSA) is 114 Å². The summed E-state index contributed by atoms with van der Waals surface area (Å²) >= 11 is 0. The first-order valence-corrected chi connectivity index (χ1v) is 14.3. The van der Waals surface area contributed by atoms with Gasteiger partial charge in [0.15, 0.2) is 5.65 Å². The van der Waals surface area contributed by atoms with Gasteiger partial charge in [-0.3, -0.25) is 0 Å². The second-order valence-corrected chi connectivity index (χ2v) is 10.7. The maximum absolute atomic E-state index is 5.72. The van der Waals surface area contributed by atoms with Gasteiger partial charge in [-0.25, -0.2) is 9.97 Å². The van der Waals surface area contributed by atoms with Crippen molar-refractivity contribution in [1.82, 2.24) is 30.2 Å². The Morgan fingerprint density at radius 2 is 1.80 bits per heavy atom. The molecule has 2 N–H and O–H groups in total. The van der Waals surface area contributed by atoms with Gasteiger partial charge in [0.05, 0.1) is 63.0 Å². The Labute approximate surface area is 240 Å². The van der Waals surface area contributed by atoms with Crippen molar-refractivity contribution in [1.29, 1.82) is 0 Å². The number of imidazole rings is 1. The number of aromatic nitrogens is 5. The van der Waals surface area contributed by atoms with Gasteiger partial charge in [0.1, 0.15) is 11.6 Å². The van der Waals surface area contributed by atoms with Crippen molar-refractivity contribution in [2.24, 2.45) is 0 Å². The minimum Gasteiger partial charge on any atom is -0.496 e. The molecule has 2 atom stereocenters. The summed E-state index contributed by atoms with van der Waals surface area (Å²) in [7, 11) is 1.70. The largest absolute Gasteiger partial charge is 0.496 e. The van der Waals surface area contributed by atoms with Gasteiger partial charge < -0.3 is 34.3 Å². The van der Waals surface area contributed by atoms with E-state index >= 15 is 0 Å². The summed E-state index contributed by atoms with van der Waals surface area (Å²) in [6, 6.07) is 10.8. The second-order valence-electron chi connectivity index (χ2n) is 10.7. The SMILES string of the molecule is COc1ccc(-c2ccc3c(N4CCOCC4C)nc(N4CCOC[C@@H]4C)nc3n2)cc1CNCCc1cnc[nH]1. The molecular weight excluding hydrogens is 520 g/mol. The number of nitrogens with one attached hydrogen (secondary N) is 2. The number of morpholine rings is 2. The summed E-state index contributed by atoms with van der Waals surface area (Å²) in [5.74, 6) is 2.46. The standard InChI is InChI=1S/C30H38N8O3/c1-20-17-40-12-10-37(20)29-25-5-6-26(34-28(25)35-30(36-29)38-11-13-41-18-21(38)2)22-4-7-27(39-3)23(14-22)15-31-9-8-24-16-32-19-33-24/h4-7,14,16,19-21,31H,8-13,15,17-18H2,1-3H3,(H,32,33)/t20?,21-/m0/s1. The minimum absolute atomic E-state index is 0.184. The normalized spacial score (nSPS) is 19.6. The third-order valence-corrected chi connectivity index (χ3v) is 7.81. The lowest BCUT2D eigenvalue weighted by Gasteiger charge is -2.37. The molecule has 0 aliphatic carbocycles. The molecule has 3 aromatic heterocycles. The Morgan fingerprint density at radius 3 is 2.54 bits per heavy atom. The lowest BCUT2D eigenvalue weighted by molar-refractivity contribution is 0.0973. The molecule has 0 amide bonds. The predicted molar refractivity (Wildman–Crippen MR) is 159 cm³/mol. The number of ether oxygens (including phenoxy) is 3. The third kappa shape index (κ3) is 5.97. The number of fused-ring (bicyclic) bond motifs is 1. The van der Waals surface area contributed by atoms with Crippen molar-refractivity contribution >= 4 is 22.8 Å². The molecule has 1 aromatic carbocycles. The number of nitrogens with zero attached hydrogens (tertiary/aromatic N) is 6. The van der Waals surface area contributed by atoms with E-state index < -0.39 is 0 Å². The fourth-order valence-corrected chi connectivity index (χ4v) is 5.50. The average Bonchev–Trinajstić information content (AvgIpc) is 3.53. The molecule has 11 nitrogen and oxygen atoms in total. The zero-order valence-electron chi connectivity index (χ0n) is 24.0. The first-order chi connectivity index (χ1) is 20.1. The molecular formula is C30H38N8O3. The Hall–Kier alpha value is -3.80. The van der Waals surface area contributed by atoms with Crippen molar-refractivity contribution in [3.8, 4) is 17.0 Å². The molecule has 2 aliphatic heterocycles. The van der Waals surface area contributed by atoms with E-state index in [0.717, 1.165) is 65.5 Å². The summed E-state index contributed by atoms with van der Waals surface area (Å²) in [4.78, 5) is 27.0. The molecule has 5 heterocycles. The van der Waals surface area contributed by atoms with Crippen molar-refractivity contribution in [3.05, 3.63) is 54.1 Å². The lowest BCUT2D eigenvalue weighted by atomic mass is 10.1. The number of aromatic amines is 1. The molecule has 216 valence electrons. The number of benzene rings is 1. The van der Waals surface area contributed by atoms with Crippen LogP contribution in [0.25, 0.3) is 22.3 Å². The number of anilines is 2. The molecule has 0 saturated carbocycles. The first kappa shape index (κ1) is 27.4. The van der Waals surface area contributed by atoms with Gasteiger partial charge in [-0.15, -0.1) is 0 Å². The van der Waals surface area contributed by atoms with Crippen LogP contribution in [0.4, 0.5) is 11.8 Å². The summed E-state index contributed by atoms with van der Waals surface area (Å²) in [5.41, 5.74) is 4.75. The van der Waals surface area contributed by atoms with Crippen LogP contribution in [-0.4, -0.2) is 90.2 Å². The average molecular weight is 559 g/mol. The molecule has 11 heteroatoms. The van der Waals surface area contributed by atoms with Gasteiger partial charge in [0.25, 0.3) is 0 Å². The van der Waals surface area contributed by atoms with Crippen molar-refractivity contribution < 1.29 is 14.2 Å². The molecule has 0 bridgehead atoms. The van der Waals surface area contributed by atoms with Crippen LogP contribution in [0.5, 0.6) is 5.75 Å². The van der Waals surface area contributed by atoms with E-state index in [4.69, 9.17) is 29.2 Å². The van der Waals surface area contributed by atoms with Crippen LogP contribution in [0.15, 0.2) is 42.9 Å². The fourth-order valence-electron chi connectivity index (χ4n) is 5.50. The number of rotatable bonds is 9. The lowest BCUT2D eigenvalue weighted by Crippen LogP contribution is -2.46. The van der Waals surface area contributed by atoms with Crippen LogP contribution in [0.2, 0.25) is 0 Å². The van der Waals surface area contributed by atoms with Gasteiger partial charge in [0, 0.05) is 55.6 Å². The number of pyridine rings is 1. The van der Waals surface area contributed by atoms with Gasteiger partial charge in [-0.05, 0) is 44.2 Å². The van der Waals surface area contributed by atoms with Crippen molar-refractivity contribution in [3.63, 3.8) is 0 Å². The van der Waals surface area contributed by atoms with Crippen LogP contribution in [0.3, 0.4) is 0 Å². The molecule has 2 aliphatic rings. The molecule has 4 aromatic rings. The van der Waals surface area contributed by atoms with Crippen LogP contribution >= 0.6 is 0 Å². The van der Waals surface area contributed by atoms with Crippen LogP contribution in [0, 0.1) is 0 Å². The van der Waals surface area contributed by atoms with E-state index in [0.29, 0.717) is 44.6 Å². The van der Waals surface area contributed by atoms with Crippen LogP contribution in [0.1, 0.15) is 25.1 Å². The summed E-state index contributed by atoms with van der Waals surface area (Å²) in [6.07, 6.45) is 4.44. The number of hydrogen-bond donors (Lipinski definition) is 2. The van der Waals surface area contributed by atoms with Gasteiger partial charge in [-0.1, -0.05) is 0 Å². The summed E-state index contributed by atoms with van der Waals surface area (Å²) in [6.45, 7) is 10.0. The quantitative estimate of drug-likeness (QED) is 0.297. The van der Waals surface area contributed by atoms with Crippen LogP contribution in [-0.2, 0) is 22.4 Å². The van der Waals surface area contributed by atoms with Crippen LogP contribution < -0.4 is 19.9 Å². The highest BCUT2D eigenvalue weighted by molar-refractivity contribution is 5.90. The Balaban J connectivity index is 1.33. The third-order valence-electron chi connectivity index (χ3n) is 7.81. The zero-order chi connectivity index (χ0) is 28.2. The molecule has 0 spiro atoms. The number of hydrogen-bond acceptors (Lipinski definition) is 10. The molecule has 41 heavy (non-hydrogen) atoms. The Kier molecular flexibility index (Phi) is 8.26. The van der Waals surface area contributed by atoms with Gasteiger partial charge in [-0.2, -0.15) is 9.97 Å². The molecule has 2 fully saturated rings. The molecule has 2 saturated heterocycles. The predicted octanol–water partition coefficient (Wildman–Crippen LogP) is 3.21. The highest BCUT2D eigenvalue weighted by Crippen LogP contribution is 2.32. The van der Waals surface area contributed by atoms with Crippen molar-refractivity contribution in [2.75, 3.05) is 63.0 Å². The monoisotopic (exact) mass is 558 g/mol. The number of methoxy groups -OCH3 is 1. The number of H-pyrrole nitrogens is 1. The van der Waals surface area contributed by atoms with E-state index in [1.54, 1.807) is 13.4 Å². The van der Waals surface area contributed by atoms with E-state index in [9.17, 15) is 0 Å². The maximum atomic E-state index is 5.72. The molecule has 0 radical (unpaired) electrons. The molecule has 6 rings (SSSR count). The summed E-state index contributed by atoms with van der Waals surface area (Å²) < 4.78 is 17.1. The van der Waals surface area contributed by atoms with E-state index in [1.165, 1.54) is 0 Å². The highest BCUT2D eigenvalue weighted by atomic mass is 16.5. The highest BCUT2D eigenvalue weighted by Gasteiger charge is 2.27. The van der Waals surface area contributed by atoms with Crippen molar-refractivity contribution in [2.45, 2.75) is 38.9 Å². The smallest absolute Gasteiger partial charge is 0.229 e. The summed E-state index contributed by atoms with van der Waals surface area (Å²) in [5, 5.41) is 4.46. The molecule has 1 unspecified atom stereocenters. The Morgan fingerprint density at radius 1 is 1.00 bits per heavy atom. The first-order valence-electron chi connectivity index (χ1n) is 14.3.